The molecule has 0 aliphatic carbocycles. The van der Waals surface area contributed by atoms with E-state index in [0.29, 0.717) is 17.7 Å². The lowest BCUT2D eigenvalue weighted by molar-refractivity contribution is 0.102. The van der Waals surface area contributed by atoms with Crippen LogP contribution in [0.25, 0.3) is 16.6 Å². The number of nitriles is 1. The summed E-state index contributed by atoms with van der Waals surface area (Å²) in [5, 5.41) is 21.0. The number of aromatic nitrogens is 1. The van der Waals surface area contributed by atoms with Crippen LogP contribution in [0.2, 0.25) is 0 Å². The minimum Gasteiger partial charge on any atom is -0.507 e. The molecule has 2 N–H and O–H groups in total. The summed E-state index contributed by atoms with van der Waals surface area (Å²) in [6, 6.07) is 14.7. The van der Waals surface area contributed by atoms with Crippen LogP contribution in [0.1, 0.15) is 28.0 Å². The summed E-state index contributed by atoms with van der Waals surface area (Å²) in [6.07, 6.45) is 2.83. The van der Waals surface area contributed by atoms with Crippen molar-refractivity contribution in [2.45, 2.75) is 12.8 Å². The highest BCUT2D eigenvalue weighted by molar-refractivity contribution is 6.11. The molecule has 6 heteroatoms. The van der Waals surface area contributed by atoms with Crippen LogP contribution < -0.4 is 4.74 Å². The number of hydrogen-bond acceptors (Lipinski definition) is 5. The first kappa shape index (κ1) is 18.1. The number of nitrogens with zero attached hydrogens (tertiary/aromatic N) is 2. The van der Waals surface area contributed by atoms with Crippen molar-refractivity contribution in [2.75, 3.05) is 13.7 Å². The Bertz CT molecular complexity index is 1310. The highest BCUT2D eigenvalue weighted by Gasteiger charge is 2.32. The number of ketones is 1. The van der Waals surface area contributed by atoms with Gasteiger partial charge in [0.2, 0.25) is 0 Å². The smallest absolute Gasteiger partial charge is 0.194 e. The lowest BCUT2D eigenvalue weighted by Gasteiger charge is -2.33. The predicted molar refractivity (Wildman–Crippen MR) is 113 cm³/mol. The van der Waals surface area contributed by atoms with Gasteiger partial charge in [0, 0.05) is 35.6 Å². The van der Waals surface area contributed by atoms with E-state index in [0.717, 1.165) is 40.0 Å². The molecule has 0 fully saturated rings. The number of ether oxygens (including phenoxy) is 1. The number of benzene rings is 2. The number of carbonyl (C=O) groups is 1. The first-order chi connectivity index (χ1) is 14.6. The van der Waals surface area contributed by atoms with Crippen molar-refractivity contribution >= 4 is 22.4 Å². The highest BCUT2D eigenvalue weighted by Crippen LogP contribution is 2.41. The predicted octanol–water partition coefficient (Wildman–Crippen LogP) is 4.15. The summed E-state index contributed by atoms with van der Waals surface area (Å²) in [6.45, 7) is 0.662. The molecule has 2 aromatic carbocycles. The lowest BCUT2D eigenvalue weighted by atomic mass is 9.90. The van der Waals surface area contributed by atoms with Gasteiger partial charge in [0.15, 0.2) is 5.78 Å². The maximum Gasteiger partial charge on any atom is 0.194 e. The van der Waals surface area contributed by atoms with E-state index in [1.54, 1.807) is 25.3 Å². The standard InChI is InChI=1S/C24H19N3O3/c1-30-16-6-7-20-19(11-16)17-8-9-27-13-15(10-14(12-25)23(27)22(17)26-20)24(29)18-4-2-3-5-21(18)28/h2-7,11,13,26,28H,8-10H2,1H3. The Balaban J connectivity index is 1.59. The molecule has 6 nitrogen and oxygen atoms in total. The van der Waals surface area contributed by atoms with E-state index in [1.165, 1.54) is 6.07 Å². The third-order valence-electron chi connectivity index (χ3n) is 5.78. The number of rotatable bonds is 3. The number of phenolic OH excluding ortho intramolecular Hbond substituents is 1. The number of hydrogen-bond donors (Lipinski definition) is 2. The fourth-order valence-electron chi connectivity index (χ4n) is 4.33. The number of nitrogens with one attached hydrogen (secondary N) is 1. The molecule has 1 aromatic heterocycles. The molecule has 148 valence electrons. The highest BCUT2D eigenvalue weighted by atomic mass is 16.5. The average molecular weight is 397 g/mol. The molecule has 30 heavy (non-hydrogen) atoms. The number of aromatic amines is 1. The first-order valence-corrected chi connectivity index (χ1v) is 9.73. The van der Waals surface area contributed by atoms with Crippen molar-refractivity contribution in [2.24, 2.45) is 0 Å². The van der Waals surface area contributed by atoms with Gasteiger partial charge < -0.3 is 19.7 Å². The Morgan fingerprint density at radius 2 is 2.10 bits per heavy atom. The molecule has 0 saturated carbocycles. The van der Waals surface area contributed by atoms with Crippen LogP contribution in [0.5, 0.6) is 11.5 Å². The van der Waals surface area contributed by atoms with Gasteiger partial charge in [-0.25, -0.2) is 0 Å². The summed E-state index contributed by atoms with van der Waals surface area (Å²) in [5.41, 5.74) is 5.18. The molecule has 0 saturated heterocycles. The fourth-order valence-corrected chi connectivity index (χ4v) is 4.33. The third-order valence-corrected chi connectivity index (χ3v) is 5.78. The average Bonchev–Trinajstić information content (AvgIpc) is 3.16. The Morgan fingerprint density at radius 1 is 1.27 bits per heavy atom. The molecule has 2 aliphatic rings. The Morgan fingerprint density at radius 3 is 2.87 bits per heavy atom. The zero-order chi connectivity index (χ0) is 20.8. The molecular formula is C24H19N3O3. The summed E-state index contributed by atoms with van der Waals surface area (Å²) < 4.78 is 5.37. The Hall–Kier alpha value is -3.98. The van der Waals surface area contributed by atoms with Gasteiger partial charge in [0.25, 0.3) is 0 Å². The minimum absolute atomic E-state index is 0.0535. The molecular weight excluding hydrogens is 378 g/mol. The topological polar surface area (TPSA) is 89.3 Å². The molecule has 0 amide bonds. The van der Waals surface area contributed by atoms with Gasteiger partial charge in [-0.05, 0) is 42.3 Å². The monoisotopic (exact) mass is 397 g/mol. The van der Waals surface area contributed by atoms with E-state index in [2.05, 4.69) is 11.1 Å². The van der Waals surface area contributed by atoms with Crippen LogP contribution in [0.15, 0.2) is 59.8 Å². The molecule has 0 bridgehead atoms. The number of aromatic hydroxyl groups is 1. The van der Waals surface area contributed by atoms with Gasteiger partial charge in [-0.2, -0.15) is 5.26 Å². The van der Waals surface area contributed by atoms with E-state index in [-0.39, 0.29) is 23.5 Å². The molecule has 3 heterocycles. The van der Waals surface area contributed by atoms with E-state index >= 15 is 0 Å². The number of carbonyl (C=O) groups excluding carboxylic acids is 1. The van der Waals surface area contributed by atoms with Crippen molar-refractivity contribution in [3.8, 4) is 17.6 Å². The number of phenols is 1. The van der Waals surface area contributed by atoms with E-state index < -0.39 is 0 Å². The quantitative estimate of drug-likeness (QED) is 0.648. The molecule has 3 aromatic rings. The molecule has 5 rings (SSSR count). The van der Waals surface area contributed by atoms with Crippen molar-refractivity contribution in [3.05, 3.63) is 76.6 Å². The second-order valence-electron chi connectivity index (χ2n) is 7.45. The summed E-state index contributed by atoms with van der Waals surface area (Å²) in [4.78, 5) is 18.4. The second kappa shape index (κ2) is 6.82. The van der Waals surface area contributed by atoms with Crippen LogP contribution in [-0.4, -0.2) is 34.4 Å². The number of para-hydroxylation sites is 1. The minimum atomic E-state index is -0.257. The van der Waals surface area contributed by atoms with E-state index in [4.69, 9.17) is 4.74 Å². The van der Waals surface area contributed by atoms with Crippen LogP contribution >= 0.6 is 0 Å². The first-order valence-electron chi connectivity index (χ1n) is 9.73. The molecule has 0 spiro atoms. The number of H-pyrrole nitrogens is 1. The van der Waals surface area contributed by atoms with Crippen molar-refractivity contribution in [1.29, 1.82) is 5.26 Å². The zero-order valence-electron chi connectivity index (χ0n) is 16.4. The maximum atomic E-state index is 13.0. The molecule has 0 radical (unpaired) electrons. The Labute approximate surface area is 173 Å². The lowest BCUT2D eigenvalue weighted by Crippen LogP contribution is -2.29. The number of Topliss-reactive ketones (excluding diaryl/α,β-unsaturated/α-hetero) is 1. The number of fused-ring (bicyclic) bond motifs is 5. The maximum absolute atomic E-state index is 13.0. The normalized spacial score (nSPS) is 15.3. The van der Waals surface area contributed by atoms with Gasteiger partial charge in [0.1, 0.15) is 11.5 Å². The fraction of sp³-hybridized carbons (Fsp3) is 0.167. The zero-order valence-corrected chi connectivity index (χ0v) is 16.4. The summed E-state index contributed by atoms with van der Waals surface area (Å²) in [5.74, 6) is 0.481. The van der Waals surface area contributed by atoms with Crippen LogP contribution in [-0.2, 0) is 6.42 Å². The second-order valence-corrected chi connectivity index (χ2v) is 7.45. The summed E-state index contributed by atoms with van der Waals surface area (Å²) >= 11 is 0. The molecule has 0 unspecified atom stereocenters. The third kappa shape index (κ3) is 2.67. The largest absolute Gasteiger partial charge is 0.507 e. The Kier molecular flexibility index (Phi) is 4.11. The van der Waals surface area contributed by atoms with Crippen LogP contribution in [0, 0.1) is 11.3 Å². The molecule has 2 aliphatic heterocycles. The van der Waals surface area contributed by atoms with Gasteiger partial charge in [-0.1, -0.05) is 12.1 Å². The SMILES string of the molecule is COc1ccc2[nH]c3c(c2c1)CCN1C=C(C(=O)c2ccccc2O)CC(C#N)=C31. The summed E-state index contributed by atoms with van der Waals surface area (Å²) in [7, 11) is 1.65. The van der Waals surface area contributed by atoms with E-state index in [9.17, 15) is 15.2 Å². The van der Waals surface area contributed by atoms with Gasteiger partial charge in [0.05, 0.1) is 35.7 Å². The van der Waals surface area contributed by atoms with Crippen molar-refractivity contribution < 1.29 is 14.6 Å². The van der Waals surface area contributed by atoms with Gasteiger partial charge >= 0.3 is 0 Å². The van der Waals surface area contributed by atoms with Gasteiger partial charge in [-0.3, -0.25) is 4.79 Å². The van der Waals surface area contributed by atoms with Gasteiger partial charge in [-0.15, -0.1) is 0 Å². The number of allylic oxidation sites excluding steroid dienone is 2. The molecule has 0 atom stereocenters. The van der Waals surface area contributed by atoms with E-state index in [1.807, 2.05) is 29.3 Å². The van der Waals surface area contributed by atoms with Crippen LogP contribution in [0.4, 0.5) is 0 Å². The van der Waals surface area contributed by atoms with Crippen LogP contribution in [0.3, 0.4) is 0 Å². The number of methoxy groups -OCH3 is 1. The van der Waals surface area contributed by atoms with Crippen molar-refractivity contribution in [1.82, 2.24) is 9.88 Å². The van der Waals surface area contributed by atoms with Crippen molar-refractivity contribution in [3.63, 3.8) is 0 Å².